The van der Waals surface area contributed by atoms with Crippen LogP contribution in [-0.4, -0.2) is 24.9 Å². The molecule has 2 heteroatoms. The van der Waals surface area contributed by atoms with Crippen LogP contribution in [0.5, 0.6) is 0 Å². The molecule has 3 atom stereocenters. The van der Waals surface area contributed by atoms with E-state index < -0.39 is 0 Å². The summed E-state index contributed by atoms with van der Waals surface area (Å²) in [5.74, 6) is 0.368. The van der Waals surface area contributed by atoms with Crippen molar-refractivity contribution in [1.29, 1.82) is 0 Å². The van der Waals surface area contributed by atoms with E-state index >= 15 is 0 Å². The first kappa shape index (κ1) is 14.1. The van der Waals surface area contributed by atoms with Gasteiger partial charge in [-0.2, -0.15) is 0 Å². The Morgan fingerprint density at radius 2 is 1.94 bits per heavy atom. The zero-order valence-electron chi connectivity index (χ0n) is 12.5. The summed E-state index contributed by atoms with van der Waals surface area (Å²) in [6, 6.07) is 0. The zero-order valence-corrected chi connectivity index (χ0v) is 12.5. The van der Waals surface area contributed by atoms with Crippen LogP contribution in [0.25, 0.3) is 0 Å². The van der Waals surface area contributed by atoms with Gasteiger partial charge in [0, 0.05) is 7.11 Å². The third kappa shape index (κ3) is 2.04. The van der Waals surface area contributed by atoms with Crippen molar-refractivity contribution in [2.45, 2.75) is 59.5 Å². The van der Waals surface area contributed by atoms with E-state index in [9.17, 15) is 5.11 Å². The Labute approximate surface area is 111 Å². The number of rotatable bonds is 2. The fourth-order valence-electron chi connectivity index (χ4n) is 4.84. The van der Waals surface area contributed by atoms with Crippen LogP contribution in [-0.2, 0) is 4.74 Å². The van der Waals surface area contributed by atoms with Crippen molar-refractivity contribution in [2.75, 3.05) is 13.7 Å². The van der Waals surface area contributed by atoms with Gasteiger partial charge in [-0.15, -0.1) is 0 Å². The van der Waals surface area contributed by atoms with Gasteiger partial charge in [0.15, 0.2) is 0 Å². The quantitative estimate of drug-likeness (QED) is 0.762. The van der Waals surface area contributed by atoms with Gasteiger partial charge in [0.05, 0.1) is 12.7 Å². The molecule has 2 aliphatic rings. The van der Waals surface area contributed by atoms with E-state index in [-0.39, 0.29) is 16.9 Å². The number of hydrogen-bond acceptors (Lipinski definition) is 2. The average molecular weight is 252 g/mol. The summed E-state index contributed by atoms with van der Waals surface area (Å²) in [5, 5.41) is 10.6. The topological polar surface area (TPSA) is 29.5 Å². The van der Waals surface area contributed by atoms with Gasteiger partial charge in [-0.3, -0.25) is 0 Å². The van der Waals surface area contributed by atoms with Gasteiger partial charge in [-0.25, -0.2) is 0 Å². The summed E-state index contributed by atoms with van der Waals surface area (Å²) >= 11 is 0. The first-order valence-electron chi connectivity index (χ1n) is 7.19. The maximum Gasteiger partial charge on any atom is 0.0680 e. The maximum atomic E-state index is 10.6. The van der Waals surface area contributed by atoms with Crippen molar-refractivity contribution in [3.05, 3.63) is 11.1 Å². The van der Waals surface area contributed by atoms with Crippen molar-refractivity contribution >= 4 is 0 Å². The molecule has 2 aliphatic carbocycles. The highest BCUT2D eigenvalue weighted by Crippen LogP contribution is 2.59. The monoisotopic (exact) mass is 252 g/mol. The van der Waals surface area contributed by atoms with Crippen molar-refractivity contribution in [3.63, 3.8) is 0 Å². The molecule has 0 amide bonds. The molecule has 18 heavy (non-hydrogen) atoms. The lowest BCUT2D eigenvalue weighted by atomic mass is 9.49. The lowest BCUT2D eigenvalue weighted by Crippen LogP contribution is -2.52. The second kappa shape index (κ2) is 4.64. The molecule has 0 saturated heterocycles. The van der Waals surface area contributed by atoms with Crippen LogP contribution < -0.4 is 0 Å². The van der Waals surface area contributed by atoms with Crippen LogP contribution in [0, 0.1) is 16.7 Å². The van der Waals surface area contributed by atoms with E-state index in [0.717, 1.165) is 13.0 Å². The maximum absolute atomic E-state index is 10.6. The average Bonchev–Trinajstić information content (AvgIpc) is 2.22. The van der Waals surface area contributed by atoms with Gasteiger partial charge >= 0.3 is 0 Å². The Kier molecular flexibility index (Phi) is 3.63. The van der Waals surface area contributed by atoms with Crippen molar-refractivity contribution in [2.24, 2.45) is 16.7 Å². The predicted molar refractivity (Wildman–Crippen MR) is 74.4 cm³/mol. The number of hydrogen-bond donors (Lipinski definition) is 1. The Morgan fingerprint density at radius 1 is 1.28 bits per heavy atom. The largest absolute Gasteiger partial charge is 0.392 e. The molecule has 0 bridgehead atoms. The first-order chi connectivity index (χ1) is 8.33. The van der Waals surface area contributed by atoms with E-state index in [1.54, 1.807) is 7.11 Å². The molecule has 104 valence electrons. The van der Waals surface area contributed by atoms with Crippen LogP contribution in [0.4, 0.5) is 0 Å². The molecule has 0 aromatic carbocycles. The number of aliphatic hydroxyl groups is 1. The van der Waals surface area contributed by atoms with Gasteiger partial charge < -0.3 is 9.84 Å². The van der Waals surface area contributed by atoms with E-state index in [1.807, 2.05) is 0 Å². The smallest absolute Gasteiger partial charge is 0.0680 e. The summed E-state index contributed by atoms with van der Waals surface area (Å²) < 4.78 is 5.43. The Bertz CT molecular complexity index is 356. The highest BCUT2D eigenvalue weighted by atomic mass is 16.5. The summed E-state index contributed by atoms with van der Waals surface area (Å²) in [6.45, 7) is 9.88. The van der Waals surface area contributed by atoms with Gasteiger partial charge in [0.1, 0.15) is 0 Å². The molecule has 0 spiro atoms. The normalized spacial score (nSPS) is 39.7. The lowest BCUT2D eigenvalue weighted by Gasteiger charge is -2.56. The zero-order chi connectivity index (χ0) is 13.6. The molecule has 1 fully saturated rings. The minimum atomic E-state index is -0.189. The molecule has 0 heterocycles. The van der Waals surface area contributed by atoms with Crippen LogP contribution >= 0.6 is 0 Å². The Morgan fingerprint density at radius 3 is 2.56 bits per heavy atom. The Hall–Kier alpha value is -0.340. The lowest BCUT2D eigenvalue weighted by molar-refractivity contribution is -0.0770. The van der Waals surface area contributed by atoms with Gasteiger partial charge in [0.25, 0.3) is 0 Å². The highest BCUT2D eigenvalue weighted by molar-refractivity contribution is 5.29. The number of aliphatic hydroxyl groups excluding tert-OH is 1. The van der Waals surface area contributed by atoms with E-state index in [4.69, 9.17) is 4.74 Å². The molecule has 0 aromatic rings. The van der Waals surface area contributed by atoms with Crippen LogP contribution in [0.15, 0.2) is 11.1 Å². The fraction of sp³-hybridized carbons (Fsp3) is 0.875. The molecule has 0 radical (unpaired) electrons. The molecular weight excluding hydrogens is 224 g/mol. The predicted octanol–water partition coefficient (Wildman–Crippen LogP) is 3.55. The van der Waals surface area contributed by atoms with E-state index in [0.29, 0.717) is 5.92 Å². The number of methoxy groups -OCH3 is 1. The molecular formula is C16H28O2. The summed E-state index contributed by atoms with van der Waals surface area (Å²) in [5.41, 5.74) is 3.15. The van der Waals surface area contributed by atoms with Crippen LogP contribution in [0.2, 0.25) is 0 Å². The second-order valence-corrected chi connectivity index (χ2v) is 7.20. The third-order valence-corrected chi connectivity index (χ3v) is 5.44. The molecule has 1 N–H and O–H groups in total. The molecule has 3 unspecified atom stereocenters. The van der Waals surface area contributed by atoms with E-state index in [1.165, 1.54) is 30.4 Å². The summed E-state index contributed by atoms with van der Waals surface area (Å²) in [6.07, 6.45) is 4.30. The second-order valence-electron chi connectivity index (χ2n) is 7.20. The van der Waals surface area contributed by atoms with Gasteiger partial charge in [-0.05, 0) is 48.5 Å². The van der Waals surface area contributed by atoms with E-state index in [2.05, 4.69) is 27.7 Å². The van der Waals surface area contributed by atoms with Gasteiger partial charge in [0.2, 0.25) is 0 Å². The molecule has 0 aliphatic heterocycles. The third-order valence-electron chi connectivity index (χ3n) is 5.44. The first-order valence-corrected chi connectivity index (χ1v) is 7.19. The van der Waals surface area contributed by atoms with Crippen molar-refractivity contribution in [1.82, 2.24) is 0 Å². The van der Waals surface area contributed by atoms with Crippen molar-refractivity contribution < 1.29 is 9.84 Å². The highest BCUT2D eigenvalue weighted by Gasteiger charge is 2.53. The molecule has 2 rings (SSSR count). The van der Waals surface area contributed by atoms with Crippen LogP contribution in [0.1, 0.15) is 53.4 Å². The fourth-order valence-corrected chi connectivity index (χ4v) is 4.84. The summed E-state index contributed by atoms with van der Waals surface area (Å²) in [7, 11) is 1.78. The standard InChI is InChI=1S/C16H28O2/c1-11-9-13(17)14-15(2,3)7-6-8-16(14,4)12(11)10-18-5/h13-14,17H,6-10H2,1-5H3. The molecule has 2 nitrogen and oxygen atoms in total. The number of fused-ring (bicyclic) bond motifs is 1. The number of ether oxygens (including phenoxy) is 1. The minimum absolute atomic E-state index is 0.125. The molecule has 0 aromatic heterocycles. The van der Waals surface area contributed by atoms with Gasteiger partial charge in [-0.1, -0.05) is 32.8 Å². The summed E-state index contributed by atoms with van der Waals surface area (Å²) in [4.78, 5) is 0. The SMILES string of the molecule is COCC1=C(C)CC(O)C2C(C)(C)CCCC12C. The van der Waals surface area contributed by atoms with Crippen molar-refractivity contribution in [3.8, 4) is 0 Å². The van der Waals surface area contributed by atoms with Crippen LogP contribution in [0.3, 0.4) is 0 Å². The Balaban J connectivity index is 2.46. The minimum Gasteiger partial charge on any atom is -0.392 e. The molecule has 1 saturated carbocycles.